The van der Waals surface area contributed by atoms with Crippen LogP contribution in [0.5, 0.6) is 0 Å². The first-order valence-electron chi connectivity index (χ1n) is 6.52. The number of hydroxylamine groups is 2. The molecule has 120 valence electrons. The standard InChI is InChI=1S/C11H20N4O6/c12-5-7(16)14-6-8(17)13-4-3-11(20)21-15-9(18)1-2-10(15)19/h9-10,18-19H,1-6,12H2,(H,13,17)(H,14,16)/t9-,10+. The fourth-order valence-electron chi connectivity index (χ4n) is 1.65. The minimum absolute atomic E-state index is 0.0101. The van der Waals surface area contributed by atoms with Crippen LogP contribution < -0.4 is 16.4 Å². The van der Waals surface area contributed by atoms with E-state index in [4.69, 9.17) is 10.6 Å². The van der Waals surface area contributed by atoms with Gasteiger partial charge in [0.25, 0.3) is 0 Å². The lowest BCUT2D eigenvalue weighted by molar-refractivity contribution is -0.261. The van der Waals surface area contributed by atoms with Gasteiger partial charge in [0.1, 0.15) is 12.5 Å². The van der Waals surface area contributed by atoms with Crippen LogP contribution in [0.25, 0.3) is 0 Å². The molecule has 6 N–H and O–H groups in total. The number of nitrogens with one attached hydrogen (secondary N) is 2. The van der Waals surface area contributed by atoms with Crippen LogP contribution in [-0.2, 0) is 19.2 Å². The first-order chi connectivity index (χ1) is 9.93. The number of hydrogen-bond acceptors (Lipinski definition) is 8. The maximum Gasteiger partial charge on any atom is 0.327 e. The molecule has 1 fully saturated rings. The molecule has 0 aromatic heterocycles. The zero-order valence-corrected chi connectivity index (χ0v) is 11.4. The minimum Gasteiger partial charge on any atom is -0.375 e. The Morgan fingerprint density at radius 3 is 2.33 bits per heavy atom. The molecule has 2 amide bonds. The molecule has 0 spiro atoms. The van der Waals surface area contributed by atoms with E-state index in [1.54, 1.807) is 0 Å². The first-order valence-corrected chi connectivity index (χ1v) is 6.52. The Kier molecular flexibility index (Phi) is 7.02. The van der Waals surface area contributed by atoms with Gasteiger partial charge in [0.05, 0.1) is 19.5 Å². The fourth-order valence-corrected chi connectivity index (χ4v) is 1.65. The third kappa shape index (κ3) is 6.04. The minimum atomic E-state index is -1.02. The lowest BCUT2D eigenvalue weighted by Gasteiger charge is -2.21. The van der Waals surface area contributed by atoms with Gasteiger partial charge in [-0.2, -0.15) is 0 Å². The van der Waals surface area contributed by atoms with Crippen molar-refractivity contribution >= 4 is 17.8 Å². The largest absolute Gasteiger partial charge is 0.375 e. The van der Waals surface area contributed by atoms with Crippen LogP contribution in [0.4, 0.5) is 0 Å². The van der Waals surface area contributed by atoms with Crippen molar-refractivity contribution in [3.63, 3.8) is 0 Å². The molecule has 2 atom stereocenters. The van der Waals surface area contributed by atoms with Crippen LogP contribution in [-0.4, -0.2) is 65.2 Å². The van der Waals surface area contributed by atoms with Gasteiger partial charge in [0, 0.05) is 6.54 Å². The van der Waals surface area contributed by atoms with E-state index in [1.807, 2.05) is 0 Å². The van der Waals surface area contributed by atoms with E-state index in [0.29, 0.717) is 12.8 Å². The molecular formula is C11H20N4O6. The van der Waals surface area contributed by atoms with Crippen LogP contribution in [0, 0.1) is 0 Å². The number of aliphatic hydroxyl groups is 2. The molecular weight excluding hydrogens is 284 g/mol. The number of nitrogens with two attached hydrogens (primary N) is 1. The summed E-state index contributed by atoms with van der Waals surface area (Å²) >= 11 is 0. The lowest BCUT2D eigenvalue weighted by Crippen LogP contribution is -2.41. The summed E-state index contributed by atoms with van der Waals surface area (Å²) in [5.74, 6) is -1.62. The number of hydrogen-bond donors (Lipinski definition) is 5. The van der Waals surface area contributed by atoms with E-state index in [-0.39, 0.29) is 26.1 Å². The van der Waals surface area contributed by atoms with E-state index >= 15 is 0 Å². The Hall–Kier alpha value is -1.75. The smallest absolute Gasteiger partial charge is 0.327 e. The van der Waals surface area contributed by atoms with Crippen molar-refractivity contribution < 1.29 is 29.4 Å². The van der Waals surface area contributed by atoms with Crippen molar-refractivity contribution in [3.8, 4) is 0 Å². The van der Waals surface area contributed by atoms with Crippen molar-refractivity contribution in [1.82, 2.24) is 15.7 Å². The molecule has 0 unspecified atom stereocenters. The maximum atomic E-state index is 11.5. The Bertz CT molecular complexity index is 381. The zero-order chi connectivity index (χ0) is 15.8. The second kappa shape index (κ2) is 8.52. The van der Waals surface area contributed by atoms with Crippen molar-refractivity contribution in [1.29, 1.82) is 0 Å². The van der Waals surface area contributed by atoms with Crippen molar-refractivity contribution in [2.45, 2.75) is 31.7 Å². The Balaban J connectivity index is 2.16. The van der Waals surface area contributed by atoms with Gasteiger partial charge in [-0.3, -0.25) is 14.4 Å². The van der Waals surface area contributed by atoms with Crippen LogP contribution in [0.3, 0.4) is 0 Å². The van der Waals surface area contributed by atoms with Gasteiger partial charge in [-0.1, -0.05) is 5.06 Å². The molecule has 0 saturated carbocycles. The van der Waals surface area contributed by atoms with Crippen LogP contribution in [0.15, 0.2) is 0 Å². The molecule has 0 bridgehead atoms. The summed E-state index contributed by atoms with van der Waals surface area (Å²) in [7, 11) is 0. The van der Waals surface area contributed by atoms with E-state index in [2.05, 4.69) is 10.6 Å². The van der Waals surface area contributed by atoms with E-state index in [0.717, 1.165) is 5.06 Å². The van der Waals surface area contributed by atoms with Gasteiger partial charge < -0.3 is 31.4 Å². The van der Waals surface area contributed by atoms with E-state index < -0.39 is 30.2 Å². The third-order valence-corrected chi connectivity index (χ3v) is 2.76. The molecule has 1 heterocycles. The molecule has 1 aliphatic heterocycles. The highest BCUT2D eigenvalue weighted by Gasteiger charge is 2.33. The number of rotatable bonds is 7. The number of nitrogens with zero attached hydrogens (tertiary/aromatic N) is 1. The summed E-state index contributed by atoms with van der Waals surface area (Å²) in [6.07, 6.45) is -1.56. The van der Waals surface area contributed by atoms with Gasteiger partial charge in [-0.05, 0) is 12.8 Å². The summed E-state index contributed by atoms with van der Waals surface area (Å²) < 4.78 is 0. The van der Waals surface area contributed by atoms with Crippen molar-refractivity contribution in [2.75, 3.05) is 19.6 Å². The second-order valence-corrected chi connectivity index (χ2v) is 4.44. The van der Waals surface area contributed by atoms with Crippen LogP contribution >= 0.6 is 0 Å². The molecule has 1 aliphatic rings. The highest BCUT2D eigenvalue weighted by atomic mass is 16.7. The number of aliphatic hydroxyl groups excluding tert-OH is 2. The molecule has 10 nitrogen and oxygen atoms in total. The lowest BCUT2D eigenvalue weighted by atomic mass is 10.3. The summed E-state index contributed by atoms with van der Waals surface area (Å²) in [6, 6.07) is 0. The van der Waals surface area contributed by atoms with E-state index in [1.165, 1.54) is 0 Å². The Labute approximate surface area is 121 Å². The molecule has 0 aromatic carbocycles. The molecule has 0 aliphatic carbocycles. The summed E-state index contributed by atoms with van der Waals surface area (Å²) in [6.45, 7) is -0.426. The van der Waals surface area contributed by atoms with Crippen LogP contribution in [0.2, 0.25) is 0 Å². The predicted molar refractivity (Wildman–Crippen MR) is 68.9 cm³/mol. The average molecular weight is 304 g/mol. The molecule has 1 saturated heterocycles. The van der Waals surface area contributed by atoms with Gasteiger partial charge in [0.2, 0.25) is 11.8 Å². The Morgan fingerprint density at radius 1 is 1.14 bits per heavy atom. The summed E-state index contributed by atoms with van der Waals surface area (Å²) in [5.41, 5.74) is 5.05. The van der Waals surface area contributed by atoms with Gasteiger partial charge in [-0.25, -0.2) is 0 Å². The quantitative estimate of drug-likeness (QED) is 0.329. The Morgan fingerprint density at radius 2 is 1.76 bits per heavy atom. The molecule has 10 heteroatoms. The SMILES string of the molecule is NCC(=O)NCC(=O)NCCC(=O)ON1[C@H](O)CC[C@@H]1O. The first kappa shape index (κ1) is 17.3. The van der Waals surface area contributed by atoms with Crippen molar-refractivity contribution in [3.05, 3.63) is 0 Å². The number of carbonyl (C=O) groups excluding carboxylic acids is 3. The number of amides is 2. The molecule has 0 radical (unpaired) electrons. The summed E-state index contributed by atoms with van der Waals surface area (Å²) in [5, 5.41) is 24.4. The fraction of sp³-hybridized carbons (Fsp3) is 0.727. The normalized spacial score (nSPS) is 21.9. The molecule has 1 rings (SSSR count). The maximum absolute atomic E-state index is 11.5. The van der Waals surface area contributed by atoms with Crippen molar-refractivity contribution in [2.24, 2.45) is 5.73 Å². The second-order valence-electron chi connectivity index (χ2n) is 4.44. The highest BCUT2D eigenvalue weighted by Crippen LogP contribution is 2.20. The predicted octanol–water partition coefficient (Wildman–Crippen LogP) is -3.24. The van der Waals surface area contributed by atoms with Gasteiger partial charge in [0.15, 0.2) is 0 Å². The highest BCUT2D eigenvalue weighted by molar-refractivity contribution is 5.85. The number of carbonyl (C=O) groups is 3. The molecule has 21 heavy (non-hydrogen) atoms. The zero-order valence-electron chi connectivity index (χ0n) is 11.4. The van der Waals surface area contributed by atoms with Gasteiger partial charge >= 0.3 is 5.97 Å². The van der Waals surface area contributed by atoms with Gasteiger partial charge in [-0.15, -0.1) is 0 Å². The monoisotopic (exact) mass is 304 g/mol. The third-order valence-electron chi connectivity index (χ3n) is 2.76. The summed E-state index contributed by atoms with van der Waals surface area (Å²) in [4.78, 5) is 38.3. The molecule has 0 aromatic rings. The average Bonchev–Trinajstić information content (AvgIpc) is 2.76. The topological polar surface area (TPSA) is 154 Å². The van der Waals surface area contributed by atoms with E-state index in [9.17, 15) is 24.6 Å². The van der Waals surface area contributed by atoms with Crippen LogP contribution in [0.1, 0.15) is 19.3 Å².